The third-order valence-electron chi connectivity index (χ3n) is 4.59. The monoisotopic (exact) mass is 442 g/mol. The number of carbonyl (C=O) groups excluding carboxylic acids is 2. The summed E-state index contributed by atoms with van der Waals surface area (Å²) in [7, 11) is 0. The van der Waals surface area contributed by atoms with Crippen LogP contribution in [-0.4, -0.2) is 27.1 Å². The van der Waals surface area contributed by atoms with E-state index in [4.69, 9.17) is 5.73 Å². The normalized spacial score (nSPS) is 10.9. The number of para-hydroxylation sites is 1. The van der Waals surface area contributed by atoms with Crippen LogP contribution in [0.4, 0.5) is 10.1 Å². The van der Waals surface area contributed by atoms with Crippen molar-refractivity contribution in [3.63, 3.8) is 0 Å². The first-order valence-corrected chi connectivity index (χ1v) is 10.9. The van der Waals surface area contributed by atoms with Gasteiger partial charge in [0.1, 0.15) is 5.82 Å². The van der Waals surface area contributed by atoms with Gasteiger partial charge in [0.15, 0.2) is 5.16 Å². The molecule has 0 spiro atoms. The van der Waals surface area contributed by atoms with Crippen LogP contribution in [0, 0.1) is 5.82 Å². The van der Waals surface area contributed by atoms with Gasteiger partial charge in [0, 0.05) is 18.7 Å². The van der Waals surface area contributed by atoms with Gasteiger partial charge in [-0.15, -0.1) is 0 Å². The quantitative estimate of drug-likeness (QED) is 0.285. The van der Waals surface area contributed by atoms with E-state index >= 15 is 0 Å². The van der Waals surface area contributed by atoms with Crippen molar-refractivity contribution in [2.75, 3.05) is 11.1 Å². The molecule has 0 saturated carbocycles. The van der Waals surface area contributed by atoms with Crippen molar-refractivity contribution >= 4 is 40.2 Å². The minimum atomic E-state index is -0.382. The van der Waals surface area contributed by atoms with Crippen LogP contribution in [0.1, 0.15) is 25.7 Å². The van der Waals surface area contributed by atoms with Crippen molar-refractivity contribution in [1.82, 2.24) is 9.55 Å². The number of nitrogens with one attached hydrogen (secondary N) is 1. The molecule has 0 atom stereocenters. The number of amides is 2. The van der Waals surface area contributed by atoms with Gasteiger partial charge < -0.3 is 11.1 Å². The van der Waals surface area contributed by atoms with Gasteiger partial charge in [-0.25, -0.2) is 9.37 Å². The van der Waals surface area contributed by atoms with E-state index < -0.39 is 0 Å². The lowest BCUT2D eigenvalue weighted by Gasteiger charge is -2.13. The van der Waals surface area contributed by atoms with Crippen LogP contribution in [0.3, 0.4) is 0 Å². The number of hydrogen-bond acceptors (Lipinski definition) is 5. The summed E-state index contributed by atoms with van der Waals surface area (Å²) in [6, 6.07) is 12.6. The standard InChI is InChI=1S/C22H23FN4O3S/c23-15-9-11-16(12-10-15)25-20(29)14-31-22-26-18-7-4-3-6-17(18)21(30)27(22)13-5-1-2-8-19(24)28/h3-4,6-7,9-12H,1-2,5,8,13-14H2,(H2,24,28)(H,25,29). The van der Waals surface area contributed by atoms with Crippen molar-refractivity contribution < 1.29 is 14.0 Å². The van der Waals surface area contributed by atoms with E-state index in [-0.39, 0.29) is 28.9 Å². The van der Waals surface area contributed by atoms with E-state index in [2.05, 4.69) is 10.3 Å². The van der Waals surface area contributed by atoms with Gasteiger partial charge >= 0.3 is 0 Å². The number of rotatable bonds is 10. The van der Waals surface area contributed by atoms with E-state index in [9.17, 15) is 18.8 Å². The molecule has 3 rings (SSSR count). The Bertz CT molecular complexity index is 1130. The van der Waals surface area contributed by atoms with Crippen molar-refractivity contribution in [3.05, 3.63) is 64.7 Å². The molecular formula is C22H23FN4O3S. The number of hydrogen-bond donors (Lipinski definition) is 2. The first-order chi connectivity index (χ1) is 14.9. The molecule has 1 aromatic heterocycles. The Morgan fingerprint density at radius 1 is 1.06 bits per heavy atom. The molecule has 0 aliphatic heterocycles. The fourth-order valence-electron chi connectivity index (χ4n) is 3.06. The van der Waals surface area contributed by atoms with Crippen molar-refractivity contribution in [2.24, 2.45) is 5.73 Å². The molecule has 0 unspecified atom stereocenters. The molecule has 0 radical (unpaired) electrons. The summed E-state index contributed by atoms with van der Waals surface area (Å²) in [6.07, 6.45) is 2.41. The second-order valence-electron chi connectivity index (χ2n) is 6.99. The van der Waals surface area contributed by atoms with Gasteiger partial charge in [-0.3, -0.25) is 19.0 Å². The maximum absolute atomic E-state index is 13.0. The van der Waals surface area contributed by atoms with Crippen LogP contribution in [0.2, 0.25) is 0 Å². The Hall–Kier alpha value is -3.20. The number of fused-ring (bicyclic) bond motifs is 1. The first-order valence-electron chi connectivity index (χ1n) is 9.90. The number of halogens is 1. The highest BCUT2D eigenvalue weighted by atomic mass is 32.2. The van der Waals surface area contributed by atoms with Gasteiger partial charge in [0.2, 0.25) is 11.8 Å². The van der Waals surface area contributed by atoms with Crippen molar-refractivity contribution in [3.8, 4) is 0 Å². The van der Waals surface area contributed by atoms with Gasteiger partial charge in [0.25, 0.3) is 5.56 Å². The first kappa shape index (κ1) is 22.5. The second kappa shape index (κ2) is 10.7. The highest BCUT2D eigenvalue weighted by Gasteiger charge is 2.13. The van der Waals surface area contributed by atoms with E-state index in [0.717, 1.165) is 6.42 Å². The number of unbranched alkanes of at least 4 members (excludes halogenated alkanes) is 2. The zero-order valence-corrected chi connectivity index (χ0v) is 17.7. The number of nitrogens with zero attached hydrogens (tertiary/aromatic N) is 2. The van der Waals surface area contributed by atoms with Crippen molar-refractivity contribution in [2.45, 2.75) is 37.4 Å². The molecule has 1 heterocycles. The Balaban J connectivity index is 1.72. The van der Waals surface area contributed by atoms with Crippen LogP contribution in [0.25, 0.3) is 10.9 Å². The number of primary amides is 1. The van der Waals surface area contributed by atoms with E-state index in [1.807, 2.05) is 0 Å². The van der Waals surface area contributed by atoms with Gasteiger partial charge in [-0.2, -0.15) is 0 Å². The second-order valence-corrected chi connectivity index (χ2v) is 7.93. The summed E-state index contributed by atoms with van der Waals surface area (Å²) in [5.74, 6) is -0.961. The molecule has 9 heteroatoms. The number of benzene rings is 2. The lowest BCUT2D eigenvalue weighted by Crippen LogP contribution is -2.24. The van der Waals surface area contributed by atoms with Gasteiger partial charge in [-0.1, -0.05) is 30.3 Å². The molecule has 2 aromatic carbocycles. The van der Waals surface area contributed by atoms with Crippen LogP contribution in [0.15, 0.2) is 58.5 Å². The average molecular weight is 443 g/mol. The largest absolute Gasteiger partial charge is 0.370 e. The fourth-order valence-corrected chi connectivity index (χ4v) is 3.89. The number of thioether (sulfide) groups is 1. The molecular weight excluding hydrogens is 419 g/mol. The molecule has 31 heavy (non-hydrogen) atoms. The third kappa shape index (κ3) is 6.39. The Kier molecular flexibility index (Phi) is 7.77. The topological polar surface area (TPSA) is 107 Å². The molecule has 0 aliphatic carbocycles. The molecule has 2 amide bonds. The van der Waals surface area contributed by atoms with Gasteiger partial charge in [-0.05, 0) is 49.2 Å². The molecule has 0 aliphatic rings. The number of anilines is 1. The molecule has 3 aromatic rings. The van der Waals surface area contributed by atoms with E-state index in [1.54, 1.807) is 28.8 Å². The smallest absolute Gasteiger partial charge is 0.262 e. The minimum absolute atomic E-state index is 0.0455. The van der Waals surface area contributed by atoms with Crippen LogP contribution >= 0.6 is 11.8 Å². The number of carbonyl (C=O) groups is 2. The summed E-state index contributed by atoms with van der Waals surface area (Å²) in [6.45, 7) is 0.428. The zero-order valence-electron chi connectivity index (χ0n) is 16.8. The maximum atomic E-state index is 13.0. The predicted octanol–water partition coefficient (Wildman–Crippen LogP) is 3.31. The summed E-state index contributed by atoms with van der Waals surface area (Å²) >= 11 is 1.17. The van der Waals surface area contributed by atoms with Gasteiger partial charge in [0.05, 0.1) is 16.7 Å². The number of nitrogens with two attached hydrogens (primary N) is 1. The highest BCUT2D eigenvalue weighted by molar-refractivity contribution is 7.99. The minimum Gasteiger partial charge on any atom is -0.370 e. The molecule has 162 valence electrons. The molecule has 3 N–H and O–H groups in total. The summed E-state index contributed by atoms with van der Waals surface area (Å²) < 4.78 is 14.6. The Morgan fingerprint density at radius 2 is 1.81 bits per heavy atom. The van der Waals surface area contributed by atoms with Crippen molar-refractivity contribution in [1.29, 1.82) is 0 Å². The Labute approximate surface area is 182 Å². The van der Waals surface area contributed by atoms with Crippen LogP contribution in [0.5, 0.6) is 0 Å². The molecule has 0 bridgehead atoms. The summed E-state index contributed by atoms with van der Waals surface area (Å²) in [5, 5.41) is 3.66. The molecule has 0 saturated heterocycles. The lowest BCUT2D eigenvalue weighted by molar-refractivity contribution is -0.118. The van der Waals surface area contributed by atoms with E-state index in [1.165, 1.54) is 36.0 Å². The highest BCUT2D eigenvalue weighted by Crippen LogP contribution is 2.19. The van der Waals surface area contributed by atoms with E-state index in [0.29, 0.717) is 47.6 Å². The lowest BCUT2D eigenvalue weighted by atomic mass is 10.2. The summed E-state index contributed by atoms with van der Waals surface area (Å²) in [4.78, 5) is 40.8. The molecule has 7 nitrogen and oxygen atoms in total. The third-order valence-corrected chi connectivity index (χ3v) is 5.57. The predicted molar refractivity (Wildman–Crippen MR) is 119 cm³/mol. The fraction of sp³-hybridized carbons (Fsp3) is 0.273. The zero-order chi connectivity index (χ0) is 22.2. The molecule has 0 fully saturated rings. The Morgan fingerprint density at radius 3 is 2.55 bits per heavy atom. The summed E-state index contributed by atoms with van der Waals surface area (Å²) in [5.41, 5.74) is 6.06. The number of aromatic nitrogens is 2. The van der Waals surface area contributed by atoms with Crippen LogP contribution < -0.4 is 16.6 Å². The maximum Gasteiger partial charge on any atom is 0.262 e. The van der Waals surface area contributed by atoms with Crippen LogP contribution in [-0.2, 0) is 16.1 Å². The SMILES string of the molecule is NC(=O)CCCCCn1c(SCC(=O)Nc2ccc(F)cc2)nc2ccccc2c1=O. The average Bonchev–Trinajstić information content (AvgIpc) is 2.75.